The molecule has 1 aromatic heterocycles. The lowest BCUT2D eigenvalue weighted by Crippen LogP contribution is -2.37. The van der Waals surface area contributed by atoms with Gasteiger partial charge in [-0.15, -0.1) is 0 Å². The van der Waals surface area contributed by atoms with E-state index in [2.05, 4.69) is 0 Å². The maximum atomic E-state index is 9.80. The molecule has 3 heteroatoms. The molecule has 2 aromatic rings. The minimum absolute atomic E-state index is 0.226. The number of benzene rings is 1. The number of pyridine rings is 1. The van der Waals surface area contributed by atoms with Crippen molar-refractivity contribution in [2.75, 3.05) is 0 Å². The van der Waals surface area contributed by atoms with Crippen molar-refractivity contribution in [1.82, 2.24) is 0 Å². The lowest BCUT2D eigenvalue weighted by Gasteiger charge is -2.05. The van der Waals surface area contributed by atoms with Crippen LogP contribution < -0.4 is 4.57 Å². The molecule has 2 rings (SSSR count). The van der Waals surface area contributed by atoms with Crippen molar-refractivity contribution in [3.8, 4) is 17.2 Å². The van der Waals surface area contributed by atoms with Crippen LogP contribution >= 0.6 is 0 Å². The van der Waals surface area contributed by atoms with Crippen LogP contribution in [-0.2, 0) is 0 Å². The number of hydrogen-bond acceptors (Lipinski definition) is 2. The Labute approximate surface area is 94.2 Å². The van der Waals surface area contributed by atoms with E-state index in [4.69, 9.17) is 0 Å². The van der Waals surface area contributed by atoms with Gasteiger partial charge in [-0.1, -0.05) is 12.1 Å². The summed E-state index contributed by atoms with van der Waals surface area (Å²) in [5.74, 6) is 0.464. The van der Waals surface area contributed by atoms with Gasteiger partial charge in [-0.05, 0) is 6.07 Å². The summed E-state index contributed by atoms with van der Waals surface area (Å²) >= 11 is 0. The average Bonchev–Trinajstić information content (AvgIpc) is 2.19. The molecule has 0 bridgehead atoms. The number of aromatic hydroxyl groups is 2. The van der Waals surface area contributed by atoms with Gasteiger partial charge < -0.3 is 10.2 Å². The van der Waals surface area contributed by atoms with Crippen molar-refractivity contribution in [2.24, 2.45) is 0 Å². The first-order valence-electron chi connectivity index (χ1n) is 5.10. The molecule has 0 fully saturated rings. The number of aryl methyl sites for hydroxylation is 2. The lowest BCUT2D eigenvalue weighted by atomic mass is 10.2. The Morgan fingerprint density at radius 3 is 2.06 bits per heavy atom. The Morgan fingerprint density at radius 2 is 1.50 bits per heavy atom. The van der Waals surface area contributed by atoms with E-state index in [1.807, 2.05) is 30.5 Å². The molecule has 0 aliphatic carbocycles. The Balaban J connectivity index is 2.70. The molecule has 0 amide bonds. The molecule has 2 N–H and O–H groups in total. The van der Waals surface area contributed by atoms with Crippen LogP contribution in [0.2, 0.25) is 0 Å². The van der Waals surface area contributed by atoms with Crippen molar-refractivity contribution in [3.63, 3.8) is 0 Å². The molecule has 0 spiro atoms. The van der Waals surface area contributed by atoms with Gasteiger partial charge in [0.05, 0.1) is 0 Å². The van der Waals surface area contributed by atoms with Crippen molar-refractivity contribution in [1.29, 1.82) is 0 Å². The Hall–Kier alpha value is -2.03. The molecular weight excluding hydrogens is 202 g/mol. The van der Waals surface area contributed by atoms with E-state index in [1.165, 1.54) is 0 Å². The van der Waals surface area contributed by atoms with E-state index < -0.39 is 0 Å². The molecule has 0 aliphatic rings. The number of phenolic OH excluding ortho intramolecular Hbond substituents is 1. The Kier molecular flexibility index (Phi) is 2.52. The predicted octanol–water partition coefficient (Wildman–Crippen LogP) is 1.99. The highest BCUT2D eigenvalue weighted by Gasteiger charge is 2.18. The quantitative estimate of drug-likeness (QED) is 0.716. The summed E-state index contributed by atoms with van der Waals surface area (Å²) in [6.07, 6.45) is 0. The molecule has 0 radical (unpaired) electrons. The fourth-order valence-electron chi connectivity index (χ4n) is 1.91. The summed E-state index contributed by atoms with van der Waals surface area (Å²) in [6.45, 7) is 3.78. The maximum absolute atomic E-state index is 9.80. The largest absolute Gasteiger partial charge is 0.507 e. The number of aromatic nitrogens is 1. The fraction of sp³-hybridized carbons (Fsp3) is 0.154. The second kappa shape index (κ2) is 3.85. The van der Waals surface area contributed by atoms with Gasteiger partial charge in [0.15, 0.2) is 17.1 Å². The summed E-state index contributed by atoms with van der Waals surface area (Å²) in [7, 11) is 0. The van der Waals surface area contributed by atoms with Crippen LogP contribution in [0.25, 0.3) is 5.69 Å². The zero-order valence-corrected chi connectivity index (χ0v) is 9.31. The van der Waals surface area contributed by atoms with Crippen LogP contribution in [0.4, 0.5) is 0 Å². The molecule has 0 saturated heterocycles. The van der Waals surface area contributed by atoms with Crippen molar-refractivity contribution in [2.45, 2.75) is 13.8 Å². The minimum atomic E-state index is 0.226. The normalized spacial score (nSPS) is 10.4. The average molecular weight is 216 g/mol. The van der Waals surface area contributed by atoms with Crippen LogP contribution in [-0.4, -0.2) is 10.2 Å². The molecule has 0 saturated carbocycles. The molecule has 0 unspecified atom stereocenters. The third kappa shape index (κ3) is 1.72. The van der Waals surface area contributed by atoms with Gasteiger partial charge in [-0.3, -0.25) is 0 Å². The van der Waals surface area contributed by atoms with Crippen LogP contribution in [0, 0.1) is 13.8 Å². The molecule has 0 aliphatic heterocycles. The zero-order valence-electron chi connectivity index (χ0n) is 9.31. The van der Waals surface area contributed by atoms with Crippen LogP contribution in [0.15, 0.2) is 36.4 Å². The lowest BCUT2D eigenvalue weighted by molar-refractivity contribution is -0.610. The van der Waals surface area contributed by atoms with E-state index in [1.54, 1.807) is 24.3 Å². The van der Waals surface area contributed by atoms with E-state index in [9.17, 15) is 10.2 Å². The molecule has 0 atom stereocenters. The van der Waals surface area contributed by atoms with Crippen LogP contribution in [0.5, 0.6) is 11.5 Å². The predicted molar refractivity (Wildman–Crippen MR) is 60.8 cm³/mol. The summed E-state index contributed by atoms with van der Waals surface area (Å²) in [6, 6.07) is 10.5. The summed E-state index contributed by atoms with van der Waals surface area (Å²) in [4.78, 5) is 0. The van der Waals surface area contributed by atoms with Gasteiger partial charge in [-0.25, -0.2) is 0 Å². The third-order valence-electron chi connectivity index (χ3n) is 2.54. The number of phenols is 1. The van der Waals surface area contributed by atoms with Gasteiger partial charge in [0, 0.05) is 32.0 Å². The number of hydrogen-bond donors (Lipinski definition) is 2. The van der Waals surface area contributed by atoms with Gasteiger partial charge in [0.2, 0.25) is 0 Å². The maximum Gasteiger partial charge on any atom is 0.253 e. The first-order valence-corrected chi connectivity index (χ1v) is 5.10. The van der Waals surface area contributed by atoms with E-state index in [-0.39, 0.29) is 11.5 Å². The SMILES string of the molecule is Cc1cc(O)cc(C)[n+]1-c1ccccc1O. The van der Waals surface area contributed by atoms with Gasteiger partial charge in [0.1, 0.15) is 5.75 Å². The summed E-state index contributed by atoms with van der Waals surface area (Å²) < 4.78 is 1.90. The monoisotopic (exact) mass is 216 g/mol. The van der Waals surface area contributed by atoms with E-state index >= 15 is 0 Å². The smallest absolute Gasteiger partial charge is 0.253 e. The first-order chi connectivity index (χ1) is 7.59. The minimum Gasteiger partial charge on any atom is -0.507 e. The van der Waals surface area contributed by atoms with Crippen LogP contribution in [0.1, 0.15) is 11.4 Å². The molecule has 82 valence electrons. The van der Waals surface area contributed by atoms with Crippen molar-refractivity contribution >= 4 is 0 Å². The zero-order chi connectivity index (χ0) is 11.7. The van der Waals surface area contributed by atoms with E-state index in [0.29, 0.717) is 0 Å². The van der Waals surface area contributed by atoms with Gasteiger partial charge >= 0.3 is 0 Å². The Morgan fingerprint density at radius 1 is 0.938 bits per heavy atom. The molecule has 1 heterocycles. The number of rotatable bonds is 1. The molecule has 16 heavy (non-hydrogen) atoms. The number of para-hydroxylation sites is 2. The van der Waals surface area contributed by atoms with Gasteiger partial charge in [0.25, 0.3) is 5.69 Å². The molecule has 1 aromatic carbocycles. The van der Waals surface area contributed by atoms with Crippen molar-refractivity contribution in [3.05, 3.63) is 47.8 Å². The highest BCUT2D eigenvalue weighted by molar-refractivity contribution is 5.39. The number of nitrogens with zero attached hydrogens (tertiary/aromatic N) is 1. The summed E-state index contributed by atoms with van der Waals surface area (Å²) in [5.41, 5.74) is 2.47. The fourth-order valence-corrected chi connectivity index (χ4v) is 1.91. The Bertz CT molecular complexity index is 512. The van der Waals surface area contributed by atoms with Crippen LogP contribution in [0.3, 0.4) is 0 Å². The second-order valence-corrected chi connectivity index (χ2v) is 3.82. The standard InChI is InChI=1S/C13H13NO2/c1-9-7-11(15)8-10(2)14(9)12-5-3-4-6-13(12)16/h3-8,16H,1-2H3/p+1. The highest BCUT2D eigenvalue weighted by atomic mass is 16.3. The highest BCUT2D eigenvalue weighted by Crippen LogP contribution is 2.19. The first kappa shape index (κ1) is 10.5. The summed E-state index contributed by atoms with van der Waals surface area (Å²) in [5, 5.41) is 19.3. The topological polar surface area (TPSA) is 44.3 Å². The van der Waals surface area contributed by atoms with E-state index in [0.717, 1.165) is 17.1 Å². The third-order valence-corrected chi connectivity index (χ3v) is 2.54. The van der Waals surface area contributed by atoms with Gasteiger partial charge in [-0.2, -0.15) is 4.57 Å². The molecular formula is C13H14NO2+. The second-order valence-electron chi connectivity index (χ2n) is 3.82. The molecule has 3 nitrogen and oxygen atoms in total. The van der Waals surface area contributed by atoms with Crippen molar-refractivity contribution < 1.29 is 14.8 Å².